The summed E-state index contributed by atoms with van der Waals surface area (Å²) < 4.78 is 0. The topological polar surface area (TPSA) is 105 Å². The average molecular weight is 257 g/mol. The number of aromatic carboxylic acids is 1. The van der Waals surface area contributed by atoms with Crippen LogP contribution in [0.4, 0.5) is 0 Å². The first kappa shape index (κ1) is 13.6. The molecule has 0 saturated carbocycles. The van der Waals surface area contributed by atoms with E-state index in [0.717, 1.165) is 11.3 Å². The van der Waals surface area contributed by atoms with Crippen LogP contribution in [0, 0.1) is 6.92 Å². The SMILES string of the molecule is CCC(N)C(=O)NCc1nc(C)c(C(=O)O)s1. The van der Waals surface area contributed by atoms with Gasteiger partial charge in [-0.2, -0.15) is 0 Å². The minimum atomic E-state index is -0.997. The van der Waals surface area contributed by atoms with E-state index in [1.54, 1.807) is 6.92 Å². The number of nitrogens with one attached hydrogen (secondary N) is 1. The summed E-state index contributed by atoms with van der Waals surface area (Å²) >= 11 is 1.06. The molecule has 0 aliphatic carbocycles. The highest BCUT2D eigenvalue weighted by atomic mass is 32.1. The van der Waals surface area contributed by atoms with Crippen molar-refractivity contribution in [3.63, 3.8) is 0 Å². The maximum absolute atomic E-state index is 11.4. The lowest BCUT2D eigenvalue weighted by molar-refractivity contribution is -0.122. The van der Waals surface area contributed by atoms with E-state index >= 15 is 0 Å². The molecule has 0 saturated heterocycles. The predicted molar refractivity (Wildman–Crippen MR) is 63.9 cm³/mol. The van der Waals surface area contributed by atoms with Gasteiger partial charge in [-0.1, -0.05) is 6.92 Å². The van der Waals surface area contributed by atoms with Crippen LogP contribution in [0.25, 0.3) is 0 Å². The van der Waals surface area contributed by atoms with Gasteiger partial charge in [0, 0.05) is 0 Å². The Balaban J connectivity index is 2.61. The number of hydrogen-bond acceptors (Lipinski definition) is 5. The van der Waals surface area contributed by atoms with Gasteiger partial charge in [0.15, 0.2) is 0 Å². The predicted octanol–water partition coefficient (Wildman–Crippen LogP) is 0.503. The lowest BCUT2D eigenvalue weighted by Crippen LogP contribution is -2.39. The normalized spacial score (nSPS) is 12.2. The number of carboxylic acids is 1. The van der Waals surface area contributed by atoms with Crippen LogP contribution in [0.1, 0.15) is 33.7 Å². The fourth-order valence-electron chi connectivity index (χ4n) is 1.21. The molecule has 0 bridgehead atoms. The van der Waals surface area contributed by atoms with Crippen LogP contribution in [-0.4, -0.2) is 28.0 Å². The number of amides is 1. The Morgan fingerprint density at radius 1 is 1.59 bits per heavy atom. The van der Waals surface area contributed by atoms with Gasteiger partial charge in [0.05, 0.1) is 18.3 Å². The van der Waals surface area contributed by atoms with Crippen molar-refractivity contribution in [2.24, 2.45) is 5.73 Å². The standard InChI is InChI=1S/C10H15N3O3S/c1-3-6(11)9(14)12-4-7-13-5(2)8(17-7)10(15)16/h6H,3-4,11H2,1-2H3,(H,12,14)(H,15,16). The van der Waals surface area contributed by atoms with E-state index in [4.69, 9.17) is 10.8 Å². The molecule has 1 unspecified atom stereocenters. The van der Waals surface area contributed by atoms with Crippen molar-refractivity contribution in [3.8, 4) is 0 Å². The average Bonchev–Trinajstić information content (AvgIpc) is 2.66. The zero-order chi connectivity index (χ0) is 13.0. The van der Waals surface area contributed by atoms with E-state index in [2.05, 4.69) is 10.3 Å². The van der Waals surface area contributed by atoms with E-state index in [9.17, 15) is 9.59 Å². The summed E-state index contributed by atoms with van der Waals surface area (Å²) in [7, 11) is 0. The highest BCUT2D eigenvalue weighted by Gasteiger charge is 2.15. The molecule has 0 aromatic carbocycles. The quantitative estimate of drug-likeness (QED) is 0.712. The summed E-state index contributed by atoms with van der Waals surface area (Å²) in [6.45, 7) is 3.66. The second-order valence-electron chi connectivity index (χ2n) is 3.56. The van der Waals surface area contributed by atoms with Crippen molar-refractivity contribution in [1.29, 1.82) is 0 Å². The highest BCUT2D eigenvalue weighted by Crippen LogP contribution is 2.17. The van der Waals surface area contributed by atoms with Crippen LogP contribution in [-0.2, 0) is 11.3 Å². The zero-order valence-corrected chi connectivity index (χ0v) is 10.5. The zero-order valence-electron chi connectivity index (χ0n) is 9.69. The Morgan fingerprint density at radius 3 is 2.71 bits per heavy atom. The molecule has 0 spiro atoms. The lowest BCUT2D eigenvalue weighted by Gasteiger charge is -2.08. The molecule has 1 rings (SSSR count). The van der Waals surface area contributed by atoms with Gasteiger partial charge >= 0.3 is 5.97 Å². The van der Waals surface area contributed by atoms with E-state index in [1.807, 2.05) is 6.92 Å². The van der Waals surface area contributed by atoms with Crippen LogP contribution in [0.2, 0.25) is 0 Å². The first-order valence-electron chi connectivity index (χ1n) is 5.18. The Hall–Kier alpha value is -1.47. The van der Waals surface area contributed by atoms with Crippen LogP contribution in [0.5, 0.6) is 0 Å². The van der Waals surface area contributed by atoms with E-state index in [1.165, 1.54) is 0 Å². The number of carboxylic acid groups (broad SMARTS) is 1. The number of hydrogen-bond donors (Lipinski definition) is 3. The molecule has 94 valence electrons. The summed E-state index contributed by atoms with van der Waals surface area (Å²) in [5.41, 5.74) is 6.01. The molecule has 4 N–H and O–H groups in total. The molecule has 17 heavy (non-hydrogen) atoms. The van der Waals surface area contributed by atoms with Crippen molar-refractivity contribution >= 4 is 23.2 Å². The van der Waals surface area contributed by atoms with Gasteiger partial charge < -0.3 is 16.2 Å². The fraction of sp³-hybridized carbons (Fsp3) is 0.500. The second kappa shape index (κ2) is 5.74. The van der Waals surface area contributed by atoms with Crippen molar-refractivity contribution in [1.82, 2.24) is 10.3 Å². The maximum Gasteiger partial charge on any atom is 0.347 e. The van der Waals surface area contributed by atoms with Gasteiger partial charge in [-0.05, 0) is 13.3 Å². The van der Waals surface area contributed by atoms with Crippen molar-refractivity contribution < 1.29 is 14.7 Å². The lowest BCUT2D eigenvalue weighted by atomic mass is 10.2. The van der Waals surface area contributed by atoms with Gasteiger partial charge in [0.25, 0.3) is 0 Å². The van der Waals surface area contributed by atoms with Gasteiger partial charge in [-0.15, -0.1) is 11.3 Å². The summed E-state index contributed by atoms with van der Waals surface area (Å²) in [5, 5.41) is 12.0. The van der Waals surface area contributed by atoms with Gasteiger partial charge in [0.2, 0.25) is 5.91 Å². The molecular formula is C10H15N3O3S. The maximum atomic E-state index is 11.4. The number of aromatic nitrogens is 1. The first-order chi connectivity index (χ1) is 7.95. The van der Waals surface area contributed by atoms with Crippen molar-refractivity contribution in [3.05, 3.63) is 15.6 Å². The number of rotatable bonds is 5. The van der Waals surface area contributed by atoms with E-state index in [-0.39, 0.29) is 17.3 Å². The molecule has 1 heterocycles. The third kappa shape index (κ3) is 3.50. The fourth-order valence-corrected chi connectivity index (χ4v) is 2.05. The molecule has 0 radical (unpaired) electrons. The molecule has 1 atom stereocenters. The van der Waals surface area contributed by atoms with Crippen molar-refractivity contribution in [2.75, 3.05) is 0 Å². The monoisotopic (exact) mass is 257 g/mol. The summed E-state index contributed by atoms with van der Waals surface area (Å²) in [6, 6.07) is -0.532. The summed E-state index contributed by atoms with van der Waals surface area (Å²) in [4.78, 5) is 26.5. The Labute approximate surface area is 103 Å². The number of aryl methyl sites for hydroxylation is 1. The van der Waals surface area contributed by atoms with Crippen molar-refractivity contribution in [2.45, 2.75) is 32.9 Å². The van der Waals surface area contributed by atoms with Gasteiger partial charge in [-0.3, -0.25) is 4.79 Å². The third-order valence-corrected chi connectivity index (χ3v) is 3.37. The molecule has 0 fully saturated rings. The second-order valence-corrected chi connectivity index (χ2v) is 4.64. The highest BCUT2D eigenvalue weighted by molar-refractivity contribution is 7.13. The number of nitrogens with two attached hydrogens (primary N) is 1. The number of carbonyl (C=O) groups is 2. The number of nitrogens with zero attached hydrogens (tertiary/aromatic N) is 1. The Bertz CT molecular complexity index is 430. The van der Waals surface area contributed by atoms with Crippen LogP contribution >= 0.6 is 11.3 Å². The molecule has 1 aromatic heterocycles. The van der Waals surface area contributed by atoms with Gasteiger partial charge in [0.1, 0.15) is 9.88 Å². The minimum absolute atomic E-state index is 0.203. The molecule has 1 amide bonds. The van der Waals surface area contributed by atoms with Crippen LogP contribution in [0.15, 0.2) is 0 Å². The summed E-state index contributed by atoms with van der Waals surface area (Å²) in [5.74, 6) is -1.25. The molecule has 0 aliphatic rings. The first-order valence-corrected chi connectivity index (χ1v) is 6.00. The van der Waals surface area contributed by atoms with Crippen LogP contribution < -0.4 is 11.1 Å². The number of thiazole rings is 1. The largest absolute Gasteiger partial charge is 0.477 e. The van der Waals surface area contributed by atoms with E-state index in [0.29, 0.717) is 17.1 Å². The Morgan fingerprint density at radius 2 is 2.24 bits per heavy atom. The van der Waals surface area contributed by atoms with Gasteiger partial charge in [-0.25, -0.2) is 9.78 Å². The molecule has 1 aromatic rings. The smallest absolute Gasteiger partial charge is 0.347 e. The summed E-state index contributed by atoms with van der Waals surface area (Å²) in [6.07, 6.45) is 0.559. The third-order valence-electron chi connectivity index (χ3n) is 2.23. The molecule has 7 heteroatoms. The molecule has 6 nitrogen and oxygen atoms in total. The van der Waals surface area contributed by atoms with Crippen LogP contribution in [0.3, 0.4) is 0 Å². The Kier molecular flexibility index (Phi) is 4.59. The number of carbonyl (C=O) groups excluding carboxylic acids is 1. The molecular weight excluding hydrogens is 242 g/mol. The minimum Gasteiger partial charge on any atom is -0.477 e. The molecule has 0 aliphatic heterocycles. The van der Waals surface area contributed by atoms with E-state index < -0.39 is 12.0 Å².